The van der Waals surface area contributed by atoms with E-state index in [0.29, 0.717) is 0 Å². The van der Waals surface area contributed by atoms with Gasteiger partial charge >= 0.3 is 5.97 Å². The number of aliphatic hydroxyl groups is 5. The molecule has 0 fully saturated rings. The average molecular weight is 1650 g/mol. The molecule has 5 aliphatic rings. The molecule has 0 aromatic carbocycles. The molecule has 0 spiro atoms. The zero-order chi connectivity index (χ0) is 82.7. The molecular weight excluding hydrogens is 1570 g/mol. The Hall–Kier alpha value is -10.8. The highest BCUT2D eigenvalue weighted by atomic mass is 32.2. The number of carbonyl (C=O) groups is 12. The molecule has 5 aromatic rings. The number of aromatic nitrogens is 5. The summed E-state index contributed by atoms with van der Waals surface area (Å²) in [6, 6.07) is -10.4. The van der Waals surface area contributed by atoms with E-state index in [2.05, 4.69) is 105 Å². The third-order valence-corrected chi connectivity index (χ3v) is 23.6. The normalized spacial score (nSPS) is 26.1. The summed E-state index contributed by atoms with van der Waals surface area (Å²) in [5, 5.41) is 91.5. The second-order valence-electron chi connectivity index (χ2n) is 27.4. The van der Waals surface area contributed by atoms with E-state index in [1.807, 2.05) is 0 Å². The van der Waals surface area contributed by atoms with Crippen LogP contribution in [0, 0.1) is 5.92 Å². The van der Waals surface area contributed by atoms with Gasteiger partial charge in [-0.05, 0) is 78.9 Å². The molecule has 13 bridgehead atoms. The first-order valence-electron chi connectivity index (χ1n) is 34.8. The third-order valence-electron chi connectivity index (χ3n) is 18.7. The summed E-state index contributed by atoms with van der Waals surface area (Å²) >= 11 is 4.39. The van der Waals surface area contributed by atoms with Crippen molar-refractivity contribution in [2.45, 2.75) is 165 Å². The maximum Gasteiger partial charge on any atom is 0.357 e. The zero-order valence-corrected chi connectivity index (χ0v) is 66.0. The summed E-state index contributed by atoms with van der Waals surface area (Å²) < 4.78 is 6.24. The molecule has 0 saturated heterocycles. The number of hydrogen-bond acceptors (Lipinski definition) is 31. The summed E-state index contributed by atoms with van der Waals surface area (Å²) in [4.78, 5) is 203. The quantitative estimate of drug-likeness (QED) is 0.0633. The number of amides is 11. The molecule has 15 atom stereocenters. The topological polar surface area (TPSA) is 563 Å². The first kappa shape index (κ1) is 84.6. The number of pyridine rings is 1. The lowest BCUT2D eigenvalue weighted by Gasteiger charge is -2.41. The van der Waals surface area contributed by atoms with Gasteiger partial charge in [-0.25, -0.2) is 29.7 Å². The Morgan fingerprint density at radius 1 is 0.743 bits per heavy atom. The Morgan fingerprint density at radius 2 is 1.42 bits per heavy atom. The minimum Gasteiger partial charge on any atom is -0.455 e. The van der Waals surface area contributed by atoms with Crippen LogP contribution in [-0.4, -0.2) is 192 Å². The lowest BCUT2D eigenvalue weighted by atomic mass is 9.80. The fourth-order valence-corrected chi connectivity index (χ4v) is 16.9. The summed E-state index contributed by atoms with van der Waals surface area (Å²) in [5.41, 5.74) is -2.56. The molecule has 9 heterocycles. The molecule has 18 N–H and O–H groups in total. The number of cyclic esters (lactones) is 1. The molecule has 11 amide bonds. The smallest absolute Gasteiger partial charge is 0.357 e. The van der Waals surface area contributed by atoms with Crippen molar-refractivity contribution in [3.63, 3.8) is 0 Å². The van der Waals surface area contributed by atoms with Crippen molar-refractivity contribution in [3.8, 4) is 0 Å². The number of hydrogen-bond donors (Lipinski definition) is 17. The van der Waals surface area contributed by atoms with Crippen molar-refractivity contribution in [1.29, 1.82) is 0 Å². The van der Waals surface area contributed by atoms with Gasteiger partial charge in [0.15, 0.2) is 0 Å². The first-order valence-corrected chi connectivity index (χ1v) is 39.3. The number of allylic oxidation sites excluding steroid dienone is 1. The summed E-state index contributed by atoms with van der Waals surface area (Å²) in [6.07, 6.45) is -3.71. The molecule has 13 unspecified atom stereocenters. The largest absolute Gasteiger partial charge is 0.455 e. The highest BCUT2D eigenvalue weighted by molar-refractivity contribution is 8.14. The van der Waals surface area contributed by atoms with Crippen LogP contribution in [0.15, 0.2) is 105 Å². The molecule has 0 radical (unpaired) electrons. The number of primary amides is 1. The number of aliphatic hydroxyl groups excluding tert-OH is 4. The van der Waals surface area contributed by atoms with Gasteiger partial charge in [-0.1, -0.05) is 58.4 Å². The van der Waals surface area contributed by atoms with Crippen LogP contribution in [0.5, 0.6) is 0 Å². The lowest BCUT2D eigenvalue weighted by Crippen LogP contribution is -2.57. The van der Waals surface area contributed by atoms with Crippen LogP contribution in [0.1, 0.15) is 190 Å². The van der Waals surface area contributed by atoms with Crippen LogP contribution >= 0.6 is 57.1 Å². The van der Waals surface area contributed by atoms with E-state index in [9.17, 15) is 68.7 Å². The number of thioether (sulfide) groups is 1. The number of aliphatic imine (C=N–C) groups is 2. The van der Waals surface area contributed by atoms with E-state index < -0.39 is 201 Å². The van der Waals surface area contributed by atoms with Gasteiger partial charge in [0.1, 0.15) is 107 Å². The Bertz CT molecular complexity index is 4920. The van der Waals surface area contributed by atoms with Gasteiger partial charge in [-0.15, -0.1) is 57.1 Å². The van der Waals surface area contributed by atoms with E-state index in [4.69, 9.17) is 25.4 Å². The van der Waals surface area contributed by atoms with Crippen LogP contribution in [0.25, 0.3) is 6.08 Å². The fraction of sp³-hybridized carbons (Fsp3) is 0.394. The summed E-state index contributed by atoms with van der Waals surface area (Å²) in [5.74, 6) is -12.7. The molecular formula is C71H81N19O18S5. The molecule has 4 aliphatic heterocycles. The molecule has 42 heteroatoms. The predicted octanol–water partition coefficient (Wildman–Crippen LogP) is 0.509. The molecule has 598 valence electrons. The second-order valence-corrected chi connectivity index (χ2v) is 31.9. The minimum atomic E-state index is -2.21. The first-order chi connectivity index (χ1) is 53.2. The lowest BCUT2D eigenvalue weighted by molar-refractivity contribution is -0.129. The average Bonchev–Trinajstić information content (AvgIpc) is 1.66. The van der Waals surface area contributed by atoms with Gasteiger partial charge in [-0.3, -0.25) is 68.0 Å². The maximum absolute atomic E-state index is 15.4. The molecule has 0 saturated carbocycles. The second kappa shape index (κ2) is 34.7. The minimum absolute atomic E-state index is 0.0184. The SMILES string of the molecule is C=C(NC(=O)C(=C)NC(=O)c1csc(C2=NC3c4csc(n4)C4NC(=O)c5csc(n5)C([C@](C)(O)C(C)O)NC(=O)C5CSC(=N5)C(=CC)NC(=O)C(C(C)O)NC(=O)c5csc(n5)[C@@]3(CC2)NC(=O)C(C)NC(=O)C(=C)NC(=O)C(=C)NC(=O)C(C(C)C)NC2C=Cc3c(C(C)O)cc(nc3C2O)C(=O)OC4C)n1)C(N)=O. The van der Waals surface area contributed by atoms with Crippen molar-refractivity contribution < 1.29 is 87.8 Å². The number of fused-ring (bicyclic) bond motifs is 7. The molecule has 37 nitrogen and oxygen atoms in total. The number of thiazole rings is 4. The van der Waals surface area contributed by atoms with Gasteiger partial charge in [0.05, 0.1) is 76.0 Å². The van der Waals surface area contributed by atoms with Crippen LogP contribution < -0.4 is 64.2 Å². The third kappa shape index (κ3) is 18.5. The van der Waals surface area contributed by atoms with E-state index in [1.165, 1.54) is 87.4 Å². The standard InChI is InChI=1S/C71H81N19O18S5/c1-14-37-64-83-44(22-109-64)61(103)89-52(70(13,107)34(12)93)67-85-43(23-112-67)59(101)88-48-33(11)108-68(106)40-19-36(31(9)91)35-15-16-38(50(94)49(35)79-40)78-46(25(2)3)62(104)77-29(7)56(98)74-27(5)55(97)75-30(8)57(99)90-71(69-86-45(24-113-69)60(102)87-47(32(10)92)63(105)81-37)18-17-39(80-51(71)41-20-111-66(48)82-41)65-84-42(21-110-65)58(100)76-28(6)54(96)73-26(4)53(72)95/h14-16,19-21,23-25,30-34,38,44,46-48,50-52,78,91-94,107H,4-7,17-18,22H2,1-3,8-13H3,(H2,72,95)(H,73,96)(H,74,98)(H,75,97)(H,76,100)(H,77,104)(H,81,105)(H,87,102)(H,88,101)(H,89,103)(H,90,99)/t30?,31?,32?,33?,34?,38?,44?,46?,47?,48?,50?,51?,52?,70-,71+/m1/s1. The van der Waals surface area contributed by atoms with E-state index in [1.54, 1.807) is 20.8 Å². The van der Waals surface area contributed by atoms with Crippen LogP contribution in [0.3, 0.4) is 0 Å². The summed E-state index contributed by atoms with van der Waals surface area (Å²) in [7, 11) is 0. The fourth-order valence-electron chi connectivity index (χ4n) is 12.0. The van der Waals surface area contributed by atoms with E-state index >= 15 is 14.4 Å². The highest BCUT2D eigenvalue weighted by Crippen LogP contribution is 2.48. The molecule has 5 aromatic heterocycles. The Kier molecular flexibility index (Phi) is 26.0. The number of esters is 1. The van der Waals surface area contributed by atoms with E-state index in [-0.39, 0.29) is 89.0 Å². The number of nitrogens with two attached hydrogens (primary N) is 1. The predicted molar refractivity (Wildman–Crippen MR) is 413 cm³/mol. The van der Waals surface area contributed by atoms with Crippen LogP contribution in [-0.2, 0) is 48.6 Å². The molecule has 113 heavy (non-hydrogen) atoms. The maximum atomic E-state index is 15.4. The number of nitrogens with one attached hydrogen (secondary N) is 11. The van der Waals surface area contributed by atoms with Crippen molar-refractivity contribution in [1.82, 2.24) is 83.4 Å². The van der Waals surface area contributed by atoms with Gasteiger partial charge in [0, 0.05) is 32.8 Å². The van der Waals surface area contributed by atoms with Crippen molar-refractivity contribution in [2.24, 2.45) is 21.6 Å². The van der Waals surface area contributed by atoms with Gasteiger partial charge < -0.3 is 89.2 Å². The molecule has 10 rings (SSSR count). The monoisotopic (exact) mass is 1650 g/mol. The Labute approximate surface area is 664 Å². The summed E-state index contributed by atoms with van der Waals surface area (Å²) in [6.45, 7) is 26.9. The van der Waals surface area contributed by atoms with Crippen molar-refractivity contribution in [3.05, 3.63) is 160 Å². The van der Waals surface area contributed by atoms with Crippen LogP contribution in [0.2, 0.25) is 0 Å². The van der Waals surface area contributed by atoms with E-state index in [0.717, 1.165) is 57.1 Å². The number of rotatable bonds is 11. The number of ether oxygens (including phenoxy) is 1. The highest BCUT2D eigenvalue weighted by Gasteiger charge is 2.51. The molecule has 1 aliphatic carbocycles. The number of carbonyl (C=O) groups excluding carboxylic acids is 12. The van der Waals surface area contributed by atoms with Gasteiger partial charge in [0.2, 0.25) is 23.6 Å². The van der Waals surface area contributed by atoms with Gasteiger partial charge in [-0.2, -0.15) is 0 Å². The zero-order valence-electron chi connectivity index (χ0n) is 61.9. The van der Waals surface area contributed by atoms with Crippen molar-refractivity contribution in [2.75, 3.05) is 5.75 Å². The van der Waals surface area contributed by atoms with Crippen molar-refractivity contribution >= 4 is 145 Å². The van der Waals surface area contributed by atoms with Crippen LogP contribution in [0.4, 0.5) is 0 Å². The number of nitrogens with zero attached hydrogens (tertiary/aromatic N) is 7. The Balaban J connectivity index is 1.18. The Morgan fingerprint density at radius 3 is 2.09 bits per heavy atom. The van der Waals surface area contributed by atoms with Gasteiger partial charge in [0.25, 0.3) is 41.4 Å².